The van der Waals surface area contributed by atoms with Gasteiger partial charge in [0.1, 0.15) is 0 Å². The number of nitrogens with zero attached hydrogens (tertiary/aromatic N) is 1. The van der Waals surface area contributed by atoms with Gasteiger partial charge in [0.05, 0.1) is 0 Å². The molecule has 0 radical (unpaired) electrons. The Kier molecular flexibility index (Phi) is 6.97. The first-order chi connectivity index (χ1) is 4.10. The van der Waals surface area contributed by atoms with Crippen LogP contribution in [0.2, 0.25) is 25.2 Å². The molecule has 0 aromatic rings. The minimum absolute atomic E-state index is 0. The van der Waals surface area contributed by atoms with E-state index in [4.69, 9.17) is 5.84 Å². The summed E-state index contributed by atoms with van der Waals surface area (Å²) in [5.74, 6) is 5.61. The summed E-state index contributed by atoms with van der Waals surface area (Å²) in [7, 11) is -0.754. The fraction of sp³-hybridized carbons (Fsp3) is 1.00. The molecule has 0 bridgehead atoms. The summed E-state index contributed by atoms with van der Waals surface area (Å²) < 4.78 is 0. The molecule has 1 fully saturated rings. The van der Waals surface area contributed by atoms with Crippen molar-refractivity contribution in [2.45, 2.75) is 25.2 Å². The molecule has 1 aliphatic rings. The largest absolute Gasteiger partial charge is 0.269 e. The topological polar surface area (TPSA) is 29.3 Å². The molecule has 0 amide bonds. The first-order valence-electron chi connectivity index (χ1n) is 3.60. The van der Waals surface area contributed by atoms with Crippen molar-refractivity contribution >= 4 is 32.9 Å². The number of hydrogen-bond donors (Lipinski definition) is 1. The third-order valence-corrected chi connectivity index (χ3v) is 5.31. The third kappa shape index (κ3) is 5.04. The summed E-state index contributed by atoms with van der Waals surface area (Å²) >= 11 is 0. The van der Waals surface area contributed by atoms with Crippen LogP contribution in [-0.2, 0) is 0 Å². The van der Waals surface area contributed by atoms with Crippen LogP contribution >= 0.6 is 24.8 Å². The maximum Gasteiger partial charge on any atom is 0.0500 e. The summed E-state index contributed by atoms with van der Waals surface area (Å²) in [6.45, 7) is 7.14. The van der Waals surface area contributed by atoms with E-state index in [1.54, 1.807) is 0 Å². The lowest BCUT2D eigenvalue weighted by atomic mass is 10.6. The van der Waals surface area contributed by atoms with Gasteiger partial charge in [-0.2, -0.15) is 0 Å². The highest BCUT2D eigenvalue weighted by atomic mass is 35.5. The molecule has 0 spiro atoms. The fourth-order valence-electron chi connectivity index (χ4n) is 1.13. The normalized spacial score (nSPS) is 23.2. The van der Waals surface area contributed by atoms with E-state index in [0.29, 0.717) is 0 Å². The van der Waals surface area contributed by atoms with Crippen molar-refractivity contribution in [3.63, 3.8) is 0 Å². The second-order valence-corrected chi connectivity index (χ2v) is 9.03. The molecule has 0 saturated carbocycles. The fourth-order valence-corrected chi connectivity index (χ4v) is 3.16. The van der Waals surface area contributed by atoms with Gasteiger partial charge in [0.15, 0.2) is 0 Å². The van der Waals surface area contributed by atoms with Crippen molar-refractivity contribution in [3.8, 4) is 0 Å². The number of rotatable bonds is 0. The lowest BCUT2D eigenvalue weighted by molar-refractivity contribution is 0.301. The molecular weight excluding hydrogens is 199 g/mol. The van der Waals surface area contributed by atoms with Gasteiger partial charge in [0.2, 0.25) is 0 Å². The highest BCUT2D eigenvalue weighted by Gasteiger charge is 2.25. The maximum absolute atomic E-state index is 5.61. The Morgan fingerprint density at radius 3 is 1.73 bits per heavy atom. The monoisotopic (exact) mass is 216 g/mol. The Labute approximate surface area is 82.3 Å². The zero-order valence-electron chi connectivity index (χ0n) is 7.17. The molecule has 2 nitrogen and oxygen atoms in total. The lowest BCUT2D eigenvalue weighted by Gasteiger charge is -2.32. The van der Waals surface area contributed by atoms with Crippen molar-refractivity contribution in [1.29, 1.82) is 0 Å². The Balaban J connectivity index is 0. The van der Waals surface area contributed by atoms with Crippen LogP contribution in [0.25, 0.3) is 0 Å². The molecule has 1 heterocycles. The summed E-state index contributed by atoms with van der Waals surface area (Å²) in [4.78, 5) is 0. The molecular formula is C6H18Cl2N2Si. The highest BCUT2D eigenvalue weighted by Crippen LogP contribution is 2.19. The standard InChI is InChI=1S/C6H16N2Si.2ClH/c1-9(2)5-3-8(7)4-6-9;;/h3-7H2,1-2H3;2*1H. The Morgan fingerprint density at radius 1 is 1.09 bits per heavy atom. The summed E-state index contributed by atoms with van der Waals surface area (Å²) in [5.41, 5.74) is 0. The number of halogens is 2. The molecule has 1 saturated heterocycles. The van der Waals surface area contributed by atoms with Crippen LogP contribution in [-0.4, -0.2) is 26.2 Å². The van der Waals surface area contributed by atoms with Crippen LogP contribution < -0.4 is 5.84 Å². The zero-order valence-corrected chi connectivity index (χ0v) is 9.80. The van der Waals surface area contributed by atoms with Crippen molar-refractivity contribution < 1.29 is 0 Å². The van der Waals surface area contributed by atoms with Gasteiger partial charge in [-0.1, -0.05) is 13.1 Å². The van der Waals surface area contributed by atoms with Gasteiger partial charge in [0.25, 0.3) is 0 Å². The number of hydrazine groups is 1. The van der Waals surface area contributed by atoms with Crippen molar-refractivity contribution in [3.05, 3.63) is 0 Å². The van der Waals surface area contributed by atoms with Crippen LogP contribution in [0.3, 0.4) is 0 Å². The molecule has 11 heavy (non-hydrogen) atoms. The van der Waals surface area contributed by atoms with Gasteiger partial charge in [-0.25, -0.2) is 5.01 Å². The minimum atomic E-state index is -0.754. The number of nitrogens with two attached hydrogens (primary N) is 1. The lowest BCUT2D eigenvalue weighted by Crippen LogP contribution is -2.45. The van der Waals surface area contributed by atoms with Gasteiger partial charge >= 0.3 is 0 Å². The van der Waals surface area contributed by atoms with Gasteiger partial charge < -0.3 is 0 Å². The van der Waals surface area contributed by atoms with E-state index >= 15 is 0 Å². The second-order valence-electron chi connectivity index (χ2n) is 3.70. The molecule has 1 aliphatic heterocycles. The van der Waals surface area contributed by atoms with Crippen molar-refractivity contribution in [1.82, 2.24) is 5.01 Å². The summed E-state index contributed by atoms with van der Waals surface area (Å²) in [6, 6.07) is 2.76. The second kappa shape index (κ2) is 5.38. The minimum Gasteiger partial charge on any atom is -0.269 e. The molecule has 0 aromatic heterocycles. The average molecular weight is 217 g/mol. The highest BCUT2D eigenvalue weighted by molar-refractivity contribution is 6.77. The van der Waals surface area contributed by atoms with E-state index in [1.807, 2.05) is 5.01 Å². The summed E-state index contributed by atoms with van der Waals surface area (Å²) in [6.07, 6.45) is 0. The predicted octanol–water partition coefficient (Wildman–Crippen LogP) is 1.73. The van der Waals surface area contributed by atoms with Crippen molar-refractivity contribution in [2.24, 2.45) is 5.84 Å². The predicted molar refractivity (Wildman–Crippen MR) is 57.4 cm³/mol. The Bertz CT molecular complexity index is 101. The first kappa shape index (κ1) is 14.3. The molecule has 0 aliphatic carbocycles. The van der Waals surface area contributed by atoms with Crippen LogP contribution in [0, 0.1) is 0 Å². The molecule has 0 aromatic carbocycles. The van der Waals surface area contributed by atoms with E-state index in [9.17, 15) is 0 Å². The Hall–Kier alpha value is 0.717. The van der Waals surface area contributed by atoms with Crippen LogP contribution in [0.5, 0.6) is 0 Å². The Morgan fingerprint density at radius 2 is 1.45 bits per heavy atom. The van der Waals surface area contributed by atoms with E-state index in [0.717, 1.165) is 13.1 Å². The van der Waals surface area contributed by atoms with Crippen molar-refractivity contribution in [2.75, 3.05) is 13.1 Å². The van der Waals surface area contributed by atoms with E-state index < -0.39 is 8.07 Å². The van der Waals surface area contributed by atoms with Crippen LogP contribution in [0.1, 0.15) is 0 Å². The SMILES string of the molecule is C[Si]1(C)CCN(N)CC1.Cl.Cl. The molecule has 5 heteroatoms. The summed E-state index contributed by atoms with van der Waals surface area (Å²) in [5, 5.41) is 1.94. The van der Waals surface area contributed by atoms with Gasteiger partial charge in [-0.3, -0.25) is 5.84 Å². The van der Waals surface area contributed by atoms with Gasteiger partial charge in [-0.05, 0) is 12.1 Å². The third-order valence-electron chi connectivity index (χ3n) is 2.15. The zero-order chi connectivity index (χ0) is 6.91. The van der Waals surface area contributed by atoms with Crippen LogP contribution in [0.15, 0.2) is 0 Å². The average Bonchev–Trinajstić information content (AvgIpc) is 1.78. The quantitative estimate of drug-likeness (QED) is 0.494. The van der Waals surface area contributed by atoms with Crippen LogP contribution in [0.4, 0.5) is 0 Å². The van der Waals surface area contributed by atoms with E-state index in [2.05, 4.69) is 13.1 Å². The van der Waals surface area contributed by atoms with E-state index in [1.165, 1.54) is 12.1 Å². The molecule has 0 atom stereocenters. The molecule has 0 unspecified atom stereocenters. The first-order valence-corrected chi connectivity index (χ1v) is 7.01. The molecule has 2 N–H and O–H groups in total. The van der Waals surface area contributed by atoms with Gasteiger partial charge in [-0.15, -0.1) is 24.8 Å². The number of hydrogen-bond acceptors (Lipinski definition) is 2. The smallest absolute Gasteiger partial charge is 0.0500 e. The molecule has 70 valence electrons. The van der Waals surface area contributed by atoms with E-state index in [-0.39, 0.29) is 24.8 Å². The van der Waals surface area contributed by atoms with Gasteiger partial charge in [0, 0.05) is 21.2 Å². The molecule has 1 rings (SSSR count). The maximum atomic E-state index is 5.61.